The molecule has 0 N–H and O–H groups in total. The minimum absolute atomic E-state index is 0.443. The molecule has 2 aliphatic rings. The molecule has 3 rings (SSSR count). The van der Waals surface area contributed by atoms with Gasteiger partial charge in [0, 0.05) is 17.5 Å². The van der Waals surface area contributed by atoms with Crippen LogP contribution < -0.4 is 0 Å². The number of alkyl halides is 1. The molecular weight excluding hydrogens is 254 g/mol. The van der Waals surface area contributed by atoms with Crippen molar-refractivity contribution in [1.29, 1.82) is 0 Å². The topological polar surface area (TPSA) is 3.24 Å². The van der Waals surface area contributed by atoms with E-state index in [4.69, 9.17) is 11.6 Å². The molecule has 2 aliphatic heterocycles. The van der Waals surface area contributed by atoms with E-state index in [9.17, 15) is 0 Å². The quantitative estimate of drug-likeness (QED) is 0.575. The number of rotatable bonds is 5. The number of hydrogen-bond acceptors (Lipinski definition) is 1. The Labute approximate surface area is 121 Å². The highest BCUT2D eigenvalue weighted by molar-refractivity contribution is 6.20. The van der Waals surface area contributed by atoms with Crippen LogP contribution in [0.3, 0.4) is 0 Å². The predicted molar refractivity (Wildman–Crippen MR) is 81.8 cm³/mol. The summed E-state index contributed by atoms with van der Waals surface area (Å²) in [6.07, 6.45) is 9.06. The summed E-state index contributed by atoms with van der Waals surface area (Å²) in [4.78, 5) is 2.75. The molecule has 0 aliphatic carbocycles. The Balaban J connectivity index is 1.41. The third kappa shape index (κ3) is 3.32. The second-order valence-electron chi connectivity index (χ2n) is 6.13. The van der Waals surface area contributed by atoms with Gasteiger partial charge in [0.2, 0.25) is 0 Å². The molecular formula is C17H24ClN. The highest BCUT2D eigenvalue weighted by atomic mass is 35.5. The summed E-state index contributed by atoms with van der Waals surface area (Å²) in [6, 6.07) is 12.4. The molecule has 2 saturated heterocycles. The van der Waals surface area contributed by atoms with Gasteiger partial charge >= 0.3 is 0 Å². The van der Waals surface area contributed by atoms with E-state index in [2.05, 4.69) is 35.2 Å². The fraction of sp³-hybridized carbons (Fsp3) is 0.647. The summed E-state index contributed by atoms with van der Waals surface area (Å²) in [5, 5.41) is 0.443. The van der Waals surface area contributed by atoms with Gasteiger partial charge in [0.15, 0.2) is 0 Å². The number of benzene rings is 1. The van der Waals surface area contributed by atoms with E-state index in [1.807, 2.05) is 0 Å². The van der Waals surface area contributed by atoms with Crippen molar-refractivity contribution in [2.45, 2.75) is 62.4 Å². The van der Waals surface area contributed by atoms with Gasteiger partial charge in [0.25, 0.3) is 0 Å². The lowest BCUT2D eigenvalue weighted by Crippen LogP contribution is -2.43. The number of fused-ring (bicyclic) bond motifs is 2. The largest absolute Gasteiger partial charge is 0.297 e. The van der Waals surface area contributed by atoms with E-state index in [1.54, 1.807) is 0 Å². The summed E-state index contributed by atoms with van der Waals surface area (Å²) in [5.41, 5.74) is 1.48. The summed E-state index contributed by atoms with van der Waals surface area (Å²) in [7, 11) is 0. The number of piperidine rings is 1. The van der Waals surface area contributed by atoms with E-state index < -0.39 is 0 Å². The molecule has 0 saturated carbocycles. The van der Waals surface area contributed by atoms with Crippen LogP contribution in [-0.2, 0) is 6.42 Å². The van der Waals surface area contributed by atoms with Crippen molar-refractivity contribution in [1.82, 2.24) is 4.90 Å². The van der Waals surface area contributed by atoms with E-state index >= 15 is 0 Å². The molecule has 2 heterocycles. The minimum atomic E-state index is 0.443. The summed E-state index contributed by atoms with van der Waals surface area (Å²) < 4.78 is 0. The molecule has 2 unspecified atom stereocenters. The first-order valence-corrected chi connectivity index (χ1v) is 8.20. The number of nitrogens with zero attached hydrogens (tertiary/aromatic N) is 1. The van der Waals surface area contributed by atoms with Crippen molar-refractivity contribution in [2.24, 2.45) is 0 Å². The van der Waals surface area contributed by atoms with Crippen LogP contribution in [0.5, 0.6) is 0 Å². The molecule has 0 radical (unpaired) electrons. The first-order chi connectivity index (χ1) is 9.33. The van der Waals surface area contributed by atoms with Crippen molar-refractivity contribution in [3.63, 3.8) is 0 Å². The molecule has 19 heavy (non-hydrogen) atoms. The zero-order chi connectivity index (χ0) is 13.1. The van der Waals surface area contributed by atoms with Crippen LogP contribution in [0.25, 0.3) is 0 Å². The van der Waals surface area contributed by atoms with Crippen molar-refractivity contribution in [3.8, 4) is 0 Å². The van der Waals surface area contributed by atoms with E-state index in [0.29, 0.717) is 5.38 Å². The van der Waals surface area contributed by atoms with Gasteiger partial charge in [-0.2, -0.15) is 0 Å². The second-order valence-corrected chi connectivity index (χ2v) is 6.75. The van der Waals surface area contributed by atoms with Crippen LogP contribution in [0, 0.1) is 0 Å². The van der Waals surface area contributed by atoms with Crippen LogP contribution in [0.4, 0.5) is 0 Å². The molecule has 1 aromatic rings. The first-order valence-electron chi connectivity index (χ1n) is 7.76. The monoisotopic (exact) mass is 277 g/mol. The highest BCUT2D eigenvalue weighted by Gasteiger charge is 2.39. The summed E-state index contributed by atoms with van der Waals surface area (Å²) >= 11 is 6.33. The van der Waals surface area contributed by atoms with Gasteiger partial charge < -0.3 is 0 Å². The lowest BCUT2D eigenvalue weighted by atomic mass is 10.0. The zero-order valence-corrected chi connectivity index (χ0v) is 12.4. The molecule has 2 fully saturated rings. The third-order valence-electron chi connectivity index (χ3n) is 4.80. The van der Waals surface area contributed by atoms with Crippen molar-refractivity contribution < 1.29 is 0 Å². The molecule has 2 heteroatoms. The normalized spacial score (nSPS) is 30.7. The van der Waals surface area contributed by atoms with Gasteiger partial charge in [-0.15, -0.1) is 11.6 Å². The maximum absolute atomic E-state index is 6.33. The standard InChI is InChI=1S/C17H24ClN/c18-15-12-16-9-10-17(13-15)19(16)11-5-4-8-14-6-2-1-3-7-14/h1-3,6-7,15-17H,4-5,8-13H2. The smallest absolute Gasteiger partial charge is 0.0365 e. The Bertz CT molecular complexity index is 378. The second kappa shape index (κ2) is 6.28. The average molecular weight is 278 g/mol. The van der Waals surface area contributed by atoms with Gasteiger partial charge in [-0.25, -0.2) is 0 Å². The van der Waals surface area contributed by atoms with Gasteiger partial charge in [-0.1, -0.05) is 30.3 Å². The van der Waals surface area contributed by atoms with Gasteiger partial charge in [0.05, 0.1) is 0 Å². The van der Waals surface area contributed by atoms with Crippen molar-refractivity contribution in [2.75, 3.05) is 6.54 Å². The Morgan fingerprint density at radius 3 is 2.37 bits per heavy atom. The van der Waals surface area contributed by atoms with E-state index in [1.165, 1.54) is 57.1 Å². The Kier molecular flexibility index (Phi) is 4.45. The van der Waals surface area contributed by atoms with Gasteiger partial charge in [-0.05, 0) is 57.1 Å². The molecule has 0 spiro atoms. The summed E-state index contributed by atoms with van der Waals surface area (Å²) in [5.74, 6) is 0. The maximum atomic E-state index is 6.33. The maximum Gasteiger partial charge on any atom is 0.0365 e. The van der Waals surface area contributed by atoms with Crippen LogP contribution in [0.1, 0.15) is 44.1 Å². The Morgan fingerprint density at radius 1 is 1.00 bits per heavy atom. The number of unbranched alkanes of at least 4 members (excludes halogenated alkanes) is 1. The number of halogens is 1. The summed E-state index contributed by atoms with van der Waals surface area (Å²) in [6.45, 7) is 1.28. The highest BCUT2D eigenvalue weighted by Crippen LogP contribution is 2.37. The lowest BCUT2D eigenvalue weighted by Gasteiger charge is -2.37. The molecule has 2 atom stereocenters. The van der Waals surface area contributed by atoms with Crippen molar-refractivity contribution in [3.05, 3.63) is 35.9 Å². The Hall–Kier alpha value is -0.530. The van der Waals surface area contributed by atoms with Crippen LogP contribution in [0.2, 0.25) is 0 Å². The lowest BCUT2D eigenvalue weighted by molar-refractivity contribution is 0.140. The SMILES string of the molecule is ClC1CC2CCC(C1)N2CCCCc1ccccc1. The van der Waals surface area contributed by atoms with Gasteiger partial charge in [-0.3, -0.25) is 4.90 Å². The fourth-order valence-corrected chi connectivity index (χ4v) is 4.25. The average Bonchev–Trinajstić information content (AvgIpc) is 2.67. The number of aryl methyl sites for hydroxylation is 1. The fourth-order valence-electron chi connectivity index (χ4n) is 3.84. The van der Waals surface area contributed by atoms with Crippen LogP contribution in [0.15, 0.2) is 30.3 Å². The van der Waals surface area contributed by atoms with E-state index in [0.717, 1.165) is 12.1 Å². The van der Waals surface area contributed by atoms with Crippen LogP contribution in [-0.4, -0.2) is 28.9 Å². The molecule has 1 nitrogen and oxygen atoms in total. The molecule has 1 aromatic carbocycles. The number of hydrogen-bond donors (Lipinski definition) is 0. The third-order valence-corrected chi connectivity index (χ3v) is 5.16. The molecule has 104 valence electrons. The van der Waals surface area contributed by atoms with Gasteiger partial charge in [0.1, 0.15) is 0 Å². The minimum Gasteiger partial charge on any atom is -0.297 e. The molecule has 2 bridgehead atoms. The zero-order valence-electron chi connectivity index (χ0n) is 11.6. The molecule has 0 aromatic heterocycles. The van der Waals surface area contributed by atoms with Crippen LogP contribution >= 0.6 is 11.6 Å². The molecule has 0 amide bonds. The first kappa shape index (κ1) is 13.5. The van der Waals surface area contributed by atoms with Crippen molar-refractivity contribution >= 4 is 11.6 Å². The predicted octanol–water partition coefficient (Wildman–Crippen LogP) is 4.24. The van der Waals surface area contributed by atoms with E-state index in [-0.39, 0.29) is 0 Å². The Morgan fingerprint density at radius 2 is 1.68 bits per heavy atom.